The third kappa shape index (κ3) is 5.59. The minimum Gasteiger partial charge on any atom is -0.744 e. The summed E-state index contributed by atoms with van der Waals surface area (Å²) in [7, 11) is -6.76. The Bertz CT molecular complexity index is 1080. The van der Waals surface area contributed by atoms with Gasteiger partial charge in [-0.15, -0.1) is 6.58 Å². The van der Waals surface area contributed by atoms with E-state index in [1.165, 1.54) is 6.07 Å². The standard InChI is InChI=1S/C26H27O3PS/c1-2-3-4-5-6-13-21-30(23-15-9-7-10-16-23,24-17-11-8-12-18-24)25-19-14-20-26(22-25)31(27,28)29/h2,6-20,22H,1,3-5,21H2/b13-6+. The van der Waals surface area contributed by atoms with E-state index in [2.05, 4.69) is 43.0 Å². The largest absolute Gasteiger partial charge is 0.744 e. The number of rotatable bonds is 10. The molecule has 3 aromatic rings. The molecule has 160 valence electrons. The third-order valence-corrected chi connectivity index (χ3v) is 10.4. The van der Waals surface area contributed by atoms with Gasteiger partial charge in [0.25, 0.3) is 0 Å². The smallest absolute Gasteiger partial charge is 0.124 e. The van der Waals surface area contributed by atoms with E-state index in [4.69, 9.17) is 0 Å². The van der Waals surface area contributed by atoms with Crippen molar-refractivity contribution in [1.29, 1.82) is 0 Å². The summed E-state index contributed by atoms with van der Waals surface area (Å²) in [5.74, 6) is 0. The summed E-state index contributed by atoms with van der Waals surface area (Å²) in [6.45, 7) is 3.77. The Morgan fingerprint density at radius 2 is 1.35 bits per heavy atom. The summed E-state index contributed by atoms with van der Waals surface area (Å²) < 4.78 is 35.3. The first-order valence-corrected chi connectivity index (χ1v) is 13.7. The fourth-order valence-corrected chi connectivity index (χ4v) is 8.39. The van der Waals surface area contributed by atoms with E-state index in [-0.39, 0.29) is 4.90 Å². The maximum absolute atomic E-state index is 11.8. The zero-order valence-corrected chi connectivity index (χ0v) is 19.1. The Morgan fingerprint density at radius 3 is 1.90 bits per heavy atom. The van der Waals surface area contributed by atoms with Crippen molar-refractivity contribution in [3.8, 4) is 0 Å². The molecular formula is C26H27O3PS. The van der Waals surface area contributed by atoms with E-state index < -0.39 is 17.4 Å². The molecule has 0 aromatic heterocycles. The molecule has 3 nitrogen and oxygen atoms in total. The lowest BCUT2D eigenvalue weighted by atomic mass is 10.2. The van der Waals surface area contributed by atoms with Crippen molar-refractivity contribution >= 4 is 33.3 Å². The molecule has 0 fully saturated rings. The van der Waals surface area contributed by atoms with Crippen LogP contribution in [0.4, 0.5) is 0 Å². The molecule has 0 aliphatic rings. The Kier molecular flexibility index (Phi) is 7.97. The molecule has 0 aliphatic heterocycles. The van der Waals surface area contributed by atoms with Crippen LogP contribution in [0.25, 0.3) is 0 Å². The number of benzene rings is 3. The van der Waals surface area contributed by atoms with Crippen molar-refractivity contribution in [1.82, 2.24) is 0 Å². The molecule has 0 N–H and O–H groups in total. The molecule has 0 atom stereocenters. The van der Waals surface area contributed by atoms with E-state index in [1.54, 1.807) is 12.1 Å². The molecule has 3 aromatic carbocycles. The Hall–Kier alpha value is -2.52. The van der Waals surface area contributed by atoms with Crippen LogP contribution in [0.2, 0.25) is 0 Å². The molecule has 5 heteroatoms. The Labute approximate surface area is 186 Å². The van der Waals surface area contributed by atoms with Gasteiger partial charge in [0, 0.05) is 0 Å². The second-order valence-electron chi connectivity index (χ2n) is 7.31. The number of unbranched alkanes of at least 4 members (excludes halogenated alkanes) is 2. The summed E-state index contributed by atoms with van der Waals surface area (Å²) in [5, 5.41) is 3.19. The average Bonchev–Trinajstić information content (AvgIpc) is 2.79. The highest BCUT2D eigenvalue weighted by Gasteiger charge is 2.44. The fourth-order valence-electron chi connectivity index (χ4n) is 3.74. The topological polar surface area (TPSA) is 57.2 Å². The number of allylic oxidation sites excluding steroid dienone is 3. The monoisotopic (exact) mass is 450 g/mol. The van der Waals surface area contributed by atoms with Crippen LogP contribution in [0.5, 0.6) is 0 Å². The fraction of sp³-hybridized carbons (Fsp3) is 0.154. The van der Waals surface area contributed by atoms with Crippen LogP contribution in [0.15, 0.2) is 115 Å². The lowest BCUT2D eigenvalue weighted by Crippen LogP contribution is -2.33. The van der Waals surface area contributed by atoms with E-state index in [1.807, 2.05) is 48.5 Å². The van der Waals surface area contributed by atoms with Crippen molar-refractivity contribution < 1.29 is 13.0 Å². The normalized spacial score (nSPS) is 12.2. The first kappa shape index (κ1) is 23.1. The lowest BCUT2D eigenvalue weighted by Gasteiger charge is -2.27. The van der Waals surface area contributed by atoms with Crippen LogP contribution in [0.3, 0.4) is 0 Å². The quantitative estimate of drug-likeness (QED) is 0.193. The minimum atomic E-state index is -4.55. The van der Waals surface area contributed by atoms with E-state index in [9.17, 15) is 13.0 Å². The second kappa shape index (κ2) is 10.7. The van der Waals surface area contributed by atoms with E-state index in [0.29, 0.717) is 0 Å². The molecule has 3 rings (SSSR count). The van der Waals surface area contributed by atoms with Crippen LogP contribution in [0, 0.1) is 0 Å². The summed E-state index contributed by atoms with van der Waals surface area (Å²) in [5.41, 5.74) is 0. The van der Waals surface area contributed by atoms with E-state index in [0.717, 1.165) is 41.3 Å². The van der Waals surface area contributed by atoms with Crippen LogP contribution in [-0.2, 0) is 10.1 Å². The summed E-state index contributed by atoms with van der Waals surface area (Å²) >= 11 is 0. The predicted octanol–water partition coefficient (Wildman–Crippen LogP) is 4.80. The van der Waals surface area contributed by atoms with Crippen LogP contribution >= 0.6 is 7.26 Å². The number of hydrogen-bond donors (Lipinski definition) is 0. The minimum absolute atomic E-state index is 0.184. The molecular weight excluding hydrogens is 423 g/mol. The molecule has 0 spiro atoms. The summed E-state index contributed by atoms with van der Waals surface area (Å²) in [6.07, 6.45) is 10.1. The van der Waals surface area contributed by atoms with Gasteiger partial charge in [0.2, 0.25) is 0 Å². The van der Waals surface area contributed by atoms with Crippen molar-refractivity contribution in [3.05, 3.63) is 110 Å². The van der Waals surface area contributed by atoms with Gasteiger partial charge >= 0.3 is 0 Å². The highest BCUT2D eigenvalue weighted by molar-refractivity contribution is 7.96. The molecule has 0 amide bonds. The summed E-state index contributed by atoms with van der Waals surface area (Å²) in [6, 6.07) is 27.0. The van der Waals surface area contributed by atoms with Gasteiger partial charge in [-0.1, -0.05) is 60.7 Å². The van der Waals surface area contributed by atoms with Crippen molar-refractivity contribution in [2.75, 3.05) is 6.16 Å². The predicted molar refractivity (Wildman–Crippen MR) is 131 cm³/mol. The first-order valence-electron chi connectivity index (χ1n) is 10.3. The van der Waals surface area contributed by atoms with Crippen molar-refractivity contribution in [2.45, 2.75) is 24.2 Å². The Morgan fingerprint density at radius 1 is 0.774 bits per heavy atom. The highest BCUT2D eigenvalue weighted by Crippen LogP contribution is 2.55. The maximum atomic E-state index is 11.8. The molecule has 31 heavy (non-hydrogen) atoms. The van der Waals surface area contributed by atoms with Crippen LogP contribution in [-0.4, -0.2) is 19.1 Å². The molecule has 0 radical (unpaired) electrons. The molecule has 0 unspecified atom stereocenters. The highest BCUT2D eigenvalue weighted by atomic mass is 32.2. The van der Waals surface area contributed by atoms with Crippen molar-refractivity contribution in [2.24, 2.45) is 0 Å². The molecule has 0 aliphatic carbocycles. The molecule has 0 heterocycles. The zero-order valence-electron chi connectivity index (χ0n) is 17.4. The maximum Gasteiger partial charge on any atom is 0.124 e. The van der Waals surface area contributed by atoms with Gasteiger partial charge in [-0.05, 0) is 61.7 Å². The van der Waals surface area contributed by atoms with Crippen LogP contribution < -0.4 is 15.9 Å². The van der Waals surface area contributed by atoms with Gasteiger partial charge in [-0.3, -0.25) is 0 Å². The van der Waals surface area contributed by atoms with E-state index >= 15 is 0 Å². The van der Waals surface area contributed by atoms with Gasteiger partial charge in [-0.2, -0.15) is 0 Å². The zero-order chi connectivity index (χ0) is 22.2. The summed E-state index contributed by atoms with van der Waals surface area (Å²) in [4.78, 5) is -0.184. The van der Waals surface area contributed by atoms with Gasteiger partial charge in [0.1, 0.15) is 33.3 Å². The van der Waals surface area contributed by atoms with Crippen LogP contribution in [0.1, 0.15) is 19.3 Å². The molecule has 0 bridgehead atoms. The lowest BCUT2D eigenvalue weighted by molar-refractivity contribution is 0.463. The number of hydrogen-bond acceptors (Lipinski definition) is 3. The Balaban J connectivity index is 2.19. The SMILES string of the molecule is C=CCCC/C=C/C[P+](c1ccccc1)(c1ccccc1)c1cccc(S(=O)(=O)[O-])c1. The van der Waals surface area contributed by atoms with Gasteiger partial charge < -0.3 is 4.55 Å². The van der Waals surface area contributed by atoms with Gasteiger partial charge in [0.05, 0.1) is 11.1 Å². The van der Waals surface area contributed by atoms with Crippen molar-refractivity contribution in [3.63, 3.8) is 0 Å². The van der Waals surface area contributed by atoms with Gasteiger partial charge in [0.15, 0.2) is 0 Å². The molecule has 0 saturated carbocycles. The average molecular weight is 451 g/mol. The molecule has 0 saturated heterocycles. The van der Waals surface area contributed by atoms with Gasteiger partial charge in [-0.25, -0.2) is 8.42 Å². The first-order chi connectivity index (χ1) is 15.0. The third-order valence-electron chi connectivity index (χ3n) is 5.27. The second-order valence-corrected chi connectivity index (χ2v) is 12.2.